The molecule has 0 bridgehead atoms. The fourth-order valence-corrected chi connectivity index (χ4v) is 1.68. The maximum absolute atomic E-state index is 11.4. The Morgan fingerprint density at radius 2 is 1.83 bits per heavy atom. The number of rotatable bonds is 6. The van der Waals surface area contributed by atoms with Crippen molar-refractivity contribution in [1.29, 1.82) is 0 Å². The van der Waals surface area contributed by atoms with Crippen LogP contribution in [0.25, 0.3) is 0 Å². The molecule has 1 atom stereocenters. The lowest BCUT2D eigenvalue weighted by atomic mass is 10.1. The van der Waals surface area contributed by atoms with Gasteiger partial charge in [0.2, 0.25) is 0 Å². The number of hydrogen-bond donors (Lipinski definition) is 0. The molecule has 0 amide bonds. The van der Waals surface area contributed by atoms with Gasteiger partial charge in [-0.1, -0.05) is 19.9 Å². The van der Waals surface area contributed by atoms with Crippen molar-refractivity contribution in [3.05, 3.63) is 23.8 Å². The third kappa shape index (κ3) is 3.39. The van der Waals surface area contributed by atoms with Gasteiger partial charge in [-0.3, -0.25) is 4.79 Å². The molecule has 0 spiro atoms. The van der Waals surface area contributed by atoms with Crippen molar-refractivity contribution in [3.63, 3.8) is 0 Å². The van der Waals surface area contributed by atoms with Crippen LogP contribution in [0.2, 0.25) is 0 Å². The molecule has 1 aromatic carbocycles. The molecule has 0 radical (unpaired) electrons. The molecule has 1 aromatic rings. The van der Waals surface area contributed by atoms with Gasteiger partial charge in [0.25, 0.3) is 0 Å². The third-order valence-corrected chi connectivity index (χ3v) is 2.71. The van der Waals surface area contributed by atoms with Gasteiger partial charge >= 0.3 is 5.97 Å². The highest BCUT2D eigenvalue weighted by Gasteiger charge is 2.16. The maximum Gasteiger partial charge on any atom is 0.306 e. The van der Waals surface area contributed by atoms with E-state index in [2.05, 4.69) is 0 Å². The first-order valence-corrected chi connectivity index (χ1v) is 6.07. The largest absolute Gasteiger partial charge is 0.493 e. The molecule has 0 aliphatic heterocycles. The van der Waals surface area contributed by atoms with Gasteiger partial charge in [-0.2, -0.15) is 0 Å². The third-order valence-electron chi connectivity index (χ3n) is 2.71. The molecule has 0 heterocycles. The van der Waals surface area contributed by atoms with E-state index in [9.17, 15) is 4.79 Å². The molecule has 4 heteroatoms. The summed E-state index contributed by atoms with van der Waals surface area (Å²) in [5, 5.41) is 0. The van der Waals surface area contributed by atoms with Crippen LogP contribution in [0.3, 0.4) is 0 Å². The standard InChI is InChI=1S/C14H20O4/c1-5-11(18-14(15)6-2)10-7-8-12(16-3)13(9-10)17-4/h7-9,11H,5-6H2,1-4H3. The topological polar surface area (TPSA) is 44.8 Å². The van der Waals surface area contributed by atoms with Gasteiger partial charge in [-0.25, -0.2) is 0 Å². The average molecular weight is 252 g/mol. The van der Waals surface area contributed by atoms with Gasteiger partial charge < -0.3 is 14.2 Å². The number of hydrogen-bond acceptors (Lipinski definition) is 4. The Kier molecular flexibility index (Phi) is 5.49. The zero-order chi connectivity index (χ0) is 13.5. The average Bonchev–Trinajstić information content (AvgIpc) is 2.43. The Bertz CT molecular complexity index is 401. The van der Waals surface area contributed by atoms with Crippen molar-refractivity contribution in [2.75, 3.05) is 14.2 Å². The maximum atomic E-state index is 11.4. The lowest BCUT2D eigenvalue weighted by molar-refractivity contribution is -0.149. The van der Waals surface area contributed by atoms with Gasteiger partial charge in [0, 0.05) is 6.42 Å². The number of carbonyl (C=O) groups excluding carboxylic acids is 1. The summed E-state index contributed by atoms with van der Waals surface area (Å²) in [5.74, 6) is 1.11. The summed E-state index contributed by atoms with van der Waals surface area (Å²) < 4.78 is 15.8. The number of ether oxygens (including phenoxy) is 3. The van der Waals surface area contributed by atoms with Crippen LogP contribution in [0.5, 0.6) is 11.5 Å². The van der Waals surface area contributed by atoms with Gasteiger partial charge in [-0.05, 0) is 24.1 Å². The zero-order valence-electron chi connectivity index (χ0n) is 11.4. The quantitative estimate of drug-likeness (QED) is 0.730. The van der Waals surface area contributed by atoms with Crippen LogP contribution in [-0.2, 0) is 9.53 Å². The van der Waals surface area contributed by atoms with E-state index in [0.717, 1.165) is 12.0 Å². The SMILES string of the molecule is CCC(=O)OC(CC)c1ccc(OC)c(OC)c1. The molecule has 0 aromatic heterocycles. The van der Waals surface area contributed by atoms with Crippen LogP contribution in [0.1, 0.15) is 38.4 Å². The number of benzene rings is 1. The molecule has 0 N–H and O–H groups in total. The first kappa shape index (κ1) is 14.4. The lowest BCUT2D eigenvalue weighted by Crippen LogP contribution is -2.10. The van der Waals surface area contributed by atoms with Crippen LogP contribution in [0, 0.1) is 0 Å². The van der Waals surface area contributed by atoms with Gasteiger partial charge in [0.05, 0.1) is 14.2 Å². The Balaban J connectivity index is 2.95. The summed E-state index contributed by atoms with van der Waals surface area (Å²) in [4.78, 5) is 11.4. The molecule has 0 aliphatic rings. The lowest BCUT2D eigenvalue weighted by Gasteiger charge is -2.18. The van der Waals surface area contributed by atoms with Gasteiger partial charge in [0.1, 0.15) is 6.10 Å². The monoisotopic (exact) mass is 252 g/mol. The van der Waals surface area contributed by atoms with Crippen molar-refractivity contribution in [2.24, 2.45) is 0 Å². The summed E-state index contributed by atoms with van der Waals surface area (Å²) in [7, 11) is 3.17. The second kappa shape index (κ2) is 6.89. The van der Waals surface area contributed by atoms with E-state index in [-0.39, 0.29) is 12.1 Å². The molecule has 18 heavy (non-hydrogen) atoms. The fourth-order valence-electron chi connectivity index (χ4n) is 1.68. The molecule has 1 rings (SSSR count). The summed E-state index contributed by atoms with van der Waals surface area (Å²) >= 11 is 0. The van der Waals surface area contributed by atoms with Crippen molar-refractivity contribution in [2.45, 2.75) is 32.8 Å². The summed E-state index contributed by atoms with van der Waals surface area (Å²) in [6.45, 7) is 3.76. The predicted molar refractivity (Wildman–Crippen MR) is 69.0 cm³/mol. The van der Waals surface area contributed by atoms with E-state index < -0.39 is 0 Å². The van der Waals surface area contributed by atoms with Crippen LogP contribution >= 0.6 is 0 Å². The van der Waals surface area contributed by atoms with Crippen LogP contribution in [-0.4, -0.2) is 20.2 Å². The van der Waals surface area contributed by atoms with Crippen LogP contribution in [0.4, 0.5) is 0 Å². The fraction of sp³-hybridized carbons (Fsp3) is 0.500. The minimum Gasteiger partial charge on any atom is -0.493 e. The molecule has 100 valence electrons. The van der Waals surface area contributed by atoms with Crippen molar-refractivity contribution >= 4 is 5.97 Å². The highest BCUT2D eigenvalue weighted by molar-refractivity contribution is 5.69. The van der Waals surface area contributed by atoms with E-state index in [1.807, 2.05) is 25.1 Å². The molecular weight excluding hydrogens is 232 g/mol. The van der Waals surface area contributed by atoms with Crippen LogP contribution in [0.15, 0.2) is 18.2 Å². The van der Waals surface area contributed by atoms with E-state index in [1.165, 1.54) is 0 Å². The van der Waals surface area contributed by atoms with E-state index in [4.69, 9.17) is 14.2 Å². The second-order valence-electron chi connectivity index (χ2n) is 3.85. The van der Waals surface area contributed by atoms with E-state index >= 15 is 0 Å². The van der Waals surface area contributed by atoms with E-state index in [1.54, 1.807) is 21.1 Å². The molecule has 0 saturated carbocycles. The first-order valence-electron chi connectivity index (χ1n) is 6.07. The molecule has 1 unspecified atom stereocenters. The summed E-state index contributed by atoms with van der Waals surface area (Å²) in [5.41, 5.74) is 0.914. The Morgan fingerprint density at radius 3 is 2.33 bits per heavy atom. The second-order valence-corrected chi connectivity index (χ2v) is 3.85. The molecule has 0 fully saturated rings. The summed E-state index contributed by atoms with van der Waals surface area (Å²) in [6.07, 6.45) is 0.864. The molecule has 0 aliphatic carbocycles. The van der Waals surface area contributed by atoms with Gasteiger partial charge in [-0.15, -0.1) is 0 Å². The Labute approximate surface area is 108 Å². The van der Waals surface area contributed by atoms with Crippen molar-refractivity contribution in [3.8, 4) is 11.5 Å². The number of carbonyl (C=O) groups is 1. The highest BCUT2D eigenvalue weighted by atomic mass is 16.5. The molecular formula is C14H20O4. The van der Waals surface area contributed by atoms with Crippen LogP contribution < -0.4 is 9.47 Å². The summed E-state index contributed by atoms with van der Waals surface area (Å²) in [6, 6.07) is 5.55. The minimum atomic E-state index is -0.239. The van der Waals surface area contributed by atoms with Gasteiger partial charge in [0.15, 0.2) is 11.5 Å². The highest BCUT2D eigenvalue weighted by Crippen LogP contribution is 2.32. The first-order chi connectivity index (χ1) is 8.65. The minimum absolute atomic E-state index is 0.198. The smallest absolute Gasteiger partial charge is 0.306 e. The Morgan fingerprint density at radius 1 is 1.17 bits per heavy atom. The van der Waals surface area contributed by atoms with Crippen molar-refractivity contribution < 1.29 is 19.0 Å². The Hall–Kier alpha value is -1.71. The molecule has 4 nitrogen and oxygen atoms in total. The van der Waals surface area contributed by atoms with Crippen molar-refractivity contribution in [1.82, 2.24) is 0 Å². The molecule has 0 saturated heterocycles. The normalized spacial score (nSPS) is 11.8. The number of esters is 1. The predicted octanol–water partition coefficient (Wildman–Crippen LogP) is 3.11. The zero-order valence-corrected chi connectivity index (χ0v) is 11.4. The van der Waals surface area contributed by atoms with E-state index in [0.29, 0.717) is 17.9 Å². The number of methoxy groups -OCH3 is 2.